The van der Waals surface area contributed by atoms with E-state index >= 15 is 0 Å². The Kier molecular flexibility index (Phi) is 3.26. The standard InChI is InChI=1S/C11H15N3O2/c12-8-11(1-5-16-6-2-11)10(15)9-7-13-3-4-14-9/h3-4,7H,1-2,5-6,8,12H2. The minimum atomic E-state index is -0.506. The number of carbonyl (C=O) groups excluding carboxylic acids is 1. The number of hydrogen-bond donors (Lipinski definition) is 1. The molecule has 1 aliphatic rings. The molecular formula is C11H15N3O2. The van der Waals surface area contributed by atoms with Crippen molar-refractivity contribution in [3.63, 3.8) is 0 Å². The molecule has 1 aliphatic heterocycles. The number of ether oxygens (including phenoxy) is 1. The molecule has 0 bridgehead atoms. The van der Waals surface area contributed by atoms with Crippen molar-refractivity contribution in [1.82, 2.24) is 9.97 Å². The van der Waals surface area contributed by atoms with Crippen molar-refractivity contribution in [2.45, 2.75) is 12.8 Å². The highest BCUT2D eigenvalue weighted by molar-refractivity contribution is 5.98. The summed E-state index contributed by atoms with van der Waals surface area (Å²) >= 11 is 0. The van der Waals surface area contributed by atoms with Gasteiger partial charge in [-0.3, -0.25) is 9.78 Å². The van der Waals surface area contributed by atoms with Crippen LogP contribution in [-0.2, 0) is 4.74 Å². The van der Waals surface area contributed by atoms with Gasteiger partial charge in [0.15, 0.2) is 5.78 Å². The summed E-state index contributed by atoms with van der Waals surface area (Å²) < 4.78 is 5.27. The molecule has 5 heteroatoms. The van der Waals surface area contributed by atoms with E-state index in [4.69, 9.17) is 10.5 Å². The van der Waals surface area contributed by atoms with Gasteiger partial charge in [-0.15, -0.1) is 0 Å². The molecule has 0 radical (unpaired) electrons. The lowest BCUT2D eigenvalue weighted by Crippen LogP contribution is -2.43. The summed E-state index contributed by atoms with van der Waals surface area (Å²) in [4.78, 5) is 20.3. The average Bonchev–Trinajstić information content (AvgIpc) is 2.39. The summed E-state index contributed by atoms with van der Waals surface area (Å²) in [5.74, 6) is -0.00796. The monoisotopic (exact) mass is 221 g/mol. The Morgan fingerprint density at radius 2 is 2.19 bits per heavy atom. The van der Waals surface area contributed by atoms with E-state index in [2.05, 4.69) is 9.97 Å². The van der Waals surface area contributed by atoms with Crippen LogP contribution in [0.2, 0.25) is 0 Å². The molecule has 0 saturated carbocycles. The van der Waals surface area contributed by atoms with Crippen molar-refractivity contribution < 1.29 is 9.53 Å². The van der Waals surface area contributed by atoms with Gasteiger partial charge in [0, 0.05) is 32.2 Å². The van der Waals surface area contributed by atoms with Gasteiger partial charge in [0.05, 0.1) is 11.6 Å². The van der Waals surface area contributed by atoms with Crippen molar-refractivity contribution in [2.75, 3.05) is 19.8 Å². The summed E-state index contributed by atoms with van der Waals surface area (Å²) in [6.45, 7) is 1.51. The fourth-order valence-electron chi connectivity index (χ4n) is 1.97. The van der Waals surface area contributed by atoms with Crippen LogP contribution in [0.5, 0.6) is 0 Å². The zero-order chi connectivity index (χ0) is 11.4. The van der Waals surface area contributed by atoms with Crippen molar-refractivity contribution in [2.24, 2.45) is 11.1 Å². The minimum absolute atomic E-state index is 0.00796. The lowest BCUT2D eigenvalue weighted by atomic mass is 9.75. The van der Waals surface area contributed by atoms with E-state index in [0.29, 0.717) is 38.3 Å². The Labute approximate surface area is 94.0 Å². The zero-order valence-electron chi connectivity index (χ0n) is 9.06. The van der Waals surface area contributed by atoms with Crippen LogP contribution in [0.25, 0.3) is 0 Å². The molecule has 0 amide bonds. The maximum atomic E-state index is 12.3. The number of Topliss-reactive ketones (excluding diaryl/α,β-unsaturated/α-hetero) is 1. The third kappa shape index (κ3) is 1.96. The molecule has 86 valence electrons. The predicted molar refractivity (Wildman–Crippen MR) is 57.9 cm³/mol. The van der Waals surface area contributed by atoms with Crippen LogP contribution in [0, 0.1) is 5.41 Å². The van der Waals surface area contributed by atoms with Gasteiger partial charge >= 0.3 is 0 Å². The first-order valence-electron chi connectivity index (χ1n) is 5.37. The van der Waals surface area contributed by atoms with Crippen LogP contribution in [0.3, 0.4) is 0 Å². The second-order valence-electron chi connectivity index (χ2n) is 4.02. The third-order valence-corrected chi connectivity index (χ3v) is 3.12. The molecule has 0 aliphatic carbocycles. The molecule has 16 heavy (non-hydrogen) atoms. The highest BCUT2D eigenvalue weighted by Gasteiger charge is 2.39. The fourth-order valence-corrected chi connectivity index (χ4v) is 1.97. The smallest absolute Gasteiger partial charge is 0.190 e. The minimum Gasteiger partial charge on any atom is -0.381 e. The highest BCUT2D eigenvalue weighted by atomic mass is 16.5. The number of carbonyl (C=O) groups is 1. The molecular weight excluding hydrogens is 206 g/mol. The van der Waals surface area contributed by atoms with Gasteiger partial charge in [0.1, 0.15) is 5.69 Å². The van der Waals surface area contributed by atoms with Gasteiger partial charge in [-0.1, -0.05) is 0 Å². The van der Waals surface area contributed by atoms with E-state index in [1.165, 1.54) is 12.4 Å². The quantitative estimate of drug-likeness (QED) is 0.748. The number of hydrogen-bond acceptors (Lipinski definition) is 5. The summed E-state index contributed by atoms with van der Waals surface area (Å²) in [7, 11) is 0. The Morgan fingerprint density at radius 3 is 2.75 bits per heavy atom. The average molecular weight is 221 g/mol. The SMILES string of the molecule is NCC1(C(=O)c2cnccn2)CCOCC1. The van der Waals surface area contributed by atoms with E-state index in [0.717, 1.165) is 0 Å². The molecule has 1 saturated heterocycles. The van der Waals surface area contributed by atoms with E-state index in [1.54, 1.807) is 6.20 Å². The fraction of sp³-hybridized carbons (Fsp3) is 0.545. The van der Waals surface area contributed by atoms with E-state index in [-0.39, 0.29) is 5.78 Å². The van der Waals surface area contributed by atoms with Crippen LogP contribution >= 0.6 is 0 Å². The molecule has 2 N–H and O–H groups in total. The molecule has 0 atom stereocenters. The molecule has 0 unspecified atom stereocenters. The van der Waals surface area contributed by atoms with E-state index < -0.39 is 5.41 Å². The Bertz CT molecular complexity index is 361. The third-order valence-electron chi connectivity index (χ3n) is 3.12. The lowest BCUT2D eigenvalue weighted by molar-refractivity contribution is 0.0197. The molecule has 0 aromatic carbocycles. The number of nitrogens with two attached hydrogens (primary N) is 1. The van der Waals surface area contributed by atoms with Gasteiger partial charge in [-0.25, -0.2) is 4.98 Å². The molecule has 2 heterocycles. The number of nitrogens with zero attached hydrogens (tertiary/aromatic N) is 2. The maximum absolute atomic E-state index is 12.3. The first-order valence-corrected chi connectivity index (χ1v) is 5.37. The first kappa shape index (κ1) is 11.2. The van der Waals surface area contributed by atoms with E-state index in [1.807, 2.05) is 0 Å². The van der Waals surface area contributed by atoms with Gasteiger partial charge in [0.25, 0.3) is 0 Å². The predicted octanol–water partition coefficient (Wildman–Crippen LogP) is 0.415. The molecule has 1 fully saturated rings. The van der Waals surface area contributed by atoms with Crippen LogP contribution in [0.4, 0.5) is 0 Å². The number of aromatic nitrogens is 2. The van der Waals surface area contributed by atoms with Gasteiger partial charge in [-0.05, 0) is 12.8 Å². The molecule has 5 nitrogen and oxygen atoms in total. The molecule has 0 spiro atoms. The highest BCUT2D eigenvalue weighted by Crippen LogP contribution is 2.32. The van der Waals surface area contributed by atoms with Gasteiger partial charge < -0.3 is 10.5 Å². The van der Waals surface area contributed by atoms with Crippen molar-refractivity contribution in [3.05, 3.63) is 24.3 Å². The Hall–Kier alpha value is -1.33. The Morgan fingerprint density at radius 1 is 1.44 bits per heavy atom. The molecule has 2 rings (SSSR count). The Balaban J connectivity index is 2.24. The maximum Gasteiger partial charge on any atom is 0.190 e. The lowest BCUT2D eigenvalue weighted by Gasteiger charge is -2.34. The number of rotatable bonds is 3. The first-order chi connectivity index (χ1) is 7.78. The topological polar surface area (TPSA) is 78.1 Å². The van der Waals surface area contributed by atoms with Crippen molar-refractivity contribution >= 4 is 5.78 Å². The van der Waals surface area contributed by atoms with Gasteiger partial charge in [-0.2, -0.15) is 0 Å². The van der Waals surface area contributed by atoms with Crippen LogP contribution < -0.4 is 5.73 Å². The van der Waals surface area contributed by atoms with Crippen LogP contribution in [0.1, 0.15) is 23.3 Å². The summed E-state index contributed by atoms with van der Waals surface area (Å²) in [6.07, 6.45) is 5.90. The molecule has 1 aromatic heterocycles. The number of ketones is 1. The van der Waals surface area contributed by atoms with E-state index in [9.17, 15) is 4.79 Å². The second-order valence-corrected chi connectivity index (χ2v) is 4.02. The second kappa shape index (κ2) is 4.67. The molecule has 1 aromatic rings. The van der Waals surface area contributed by atoms with Gasteiger partial charge in [0.2, 0.25) is 0 Å². The normalized spacial score (nSPS) is 19.3. The van der Waals surface area contributed by atoms with Crippen molar-refractivity contribution in [3.8, 4) is 0 Å². The van der Waals surface area contributed by atoms with Crippen molar-refractivity contribution in [1.29, 1.82) is 0 Å². The summed E-state index contributed by atoms with van der Waals surface area (Å²) in [6, 6.07) is 0. The largest absolute Gasteiger partial charge is 0.381 e. The van der Waals surface area contributed by atoms with Crippen LogP contribution in [0.15, 0.2) is 18.6 Å². The van der Waals surface area contributed by atoms with Crippen LogP contribution in [-0.4, -0.2) is 35.5 Å². The summed E-state index contributed by atoms with van der Waals surface area (Å²) in [5.41, 5.74) is 5.64. The summed E-state index contributed by atoms with van der Waals surface area (Å²) in [5, 5.41) is 0. The zero-order valence-corrected chi connectivity index (χ0v) is 9.06.